The topological polar surface area (TPSA) is 62.8 Å². The number of carbonyl (C=O) groups excluding carboxylic acids is 1. The zero-order valence-corrected chi connectivity index (χ0v) is 18.6. The number of amides is 1. The van der Waals surface area contributed by atoms with Crippen LogP contribution in [-0.4, -0.2) is 62.2 Å². The van der Waals surface area contributed by atoms with Crippen molar-refractivity contribution < 1.29 is 27.3 Å². The number of nitrogens with zero attached hydrogens (tertiary/aromatic N) is 1. The normalized spacial score (nSPS) is 17.2. The van der Waals surface area contributed by atoms with E-state index in [9.17, 15) is 18.0 Å². The molecule has 1 aliphatic rings. The van der Waals surface area contributed by atoms with E-state index in [1.165, 1.54) is 18.2 Å². The van der Waals surface area contributed by atoms with Crippen LogP contribution in [0.5, 0.6) is 5.75 Å². The summed E-state index contributed by atoms with van der Waals surface area (Å²) in [5.74, 6) is -0.439. The molecule has 1 saturated heterocycles. The Balaban J connectivity index is 1.66. The number of hydrogen-bond acceptors (Lipinski definition) is 5. The molecule has 2 rings (SSSR count). The fraction of sp³-hybridized carbons (Fsp3) is 0.650. The van der Waals surface area contributed by atoms with E-state index in [-0.39, 0.29) is 5.56 Å². The van der Waals surface area contributed by atoms with Gasteiger partial charge in [-0.3, -0.25) is 9.42 Å². The third kappa shape index (κ3) is 9.16. The summed E-state index contributed by atoms with van der Waals surface area (Å²) in [5, 5.41) is 2.82. The maximum atomic E-state index is 12.3. The van der Waals surface area contributed by atoms with Gasteiger partial charge in [-0.25, -0.2) is 0 Å². The van der Waals surface area contributed by atoms with Crippen molar-refractivity contribution in [1.29, 1.82) is 0 Å². The number of hydroxylamine groups is 1. The maximum Gasteiger partial charge on any atom is 0.573 e. The summed E-state index contributed by atoms with van der Waals surface area (Å²) in [6.45, 7) is 10.5. The van der Waals surface area contributed by atoms with Gasteiger partial charge in [0.1, 0.15) is 5.75 Å². The average Bonchev–Trinajstić information content (AvgIpc) is 2.69. The first-order valence-corrected chi connectivity index (χ1v) is 11.9. The molecule has 170 valence electrons. The molecular formula is C20H31F3N3O3P. The number of ether oxygens (including phenoxy) is 1. The number of piperidine rings is 1. The fourth-order valence-corrected chi connectivity index (χ4v) is 3.55. The van der Waals surface area contributed by atoms with E-state index in [4.69, 9.17) is 4.62 Å². The van der Waals surface area contributed by atoms with Crippen molar-refractivity contribution in [3.8, 4) is 5.75 Å². The van der Waals surface area contributed by atoms with Crippen molar-refractivity contribution in [1.82, 2.24) is 15.7 Å². The zero-order valence-electron chi connectivity index (χ0n) is 17.7. The van der Waals surface area contributed by atoms with Crippen LogP contribution in [0.1, 0.15) is 37.0 Å². The van der Waals surface area contributed by atoms with Gasteiger partial charge >= 0.3 is 6.36 Å². The summed E-state index contributed by atoms with van der Waals surface area (Å²) in [4.78, 5) is 14.6. The Bertz CT molecular complexity index is 668. The second-order valence-corrected chi connectivity index (χ2v) is 10.0. The molecule has 0 spiro atoms. The molecule has 6 nitrogen and oxygen atoms in total. The smallest absolute Gasteiger partial charge is 0.406 e. The Morgan fingerprint density at radius 2 is 2.00 bits per heavy atom. The number of alkyl halides is 3. The number of rotatable bonds is 10. The fourth-order valence-electron chi connectivity index (χ4n) is 3.04. The molecule has 0 bridgehead atoms. The Hall–Kier alpha value is -1.41. The molecule has 0 saturated carbocycles. The molecule has 1 heterocycles. The van der Waals surface area contributed by atoms with Gasteiger partial charge in [0.25, 0.3) is 5.91 Å². The zero-order chi connectivity index (χ0) is 22.1. The average molecular weight is 449 g/mol. The van der Waals surface area contributed by atoms with Crippen molar-refractivity contribution >= 4 is 14.1 Å². The maximum absolute atomic E-state index is 12.3. The minimum Gasteiger partial charge on any atom is -0.406 e. The van der Waals surface area contributed by atoms with Gasteiger partial charge in [-0.1, -0.05) is 19.9 Å². The monoisotopic (exact) mass is 449 g/mol. The molecule has 1 atom stereocenters. The summed E-state index contributed by atoms with van der Waals surface area (Å²) in [6, 6.07) is 5.11. The third-order valence-corrected chi connectivity index (χ3v) is 6.93. The SMILES string of the molecule is CC(C)P(C)ONCCN1CCC(CNC(=O)c2cccc(OC(F)(F)F)c2)CC1. The molecule has 0 radical (unpaired) electrons. The van der Waals surface area contributed by atoms with Crippen LogP contribution in [0.4, 0.5) is 13.2 Å². The van der Waals surface area contributed by atoms with Gasteiger partial charge in [0, 0.05) is 25.2 Å². The summed E-state index contributed by atoms with van der Waals surface area (Å²) in [5.41, 5.74) is 3.73. The highest BCUT2D eigenvalue weighted by Crippen LogP contribution is 2.36. The first-order chi connectivity index (χ1) is 14.1. The predicted molar refractivity (Wildman–Crippen MR) is 112 cm³/mol. The molecule has 1 aliphatic heterocycles. The summed E-state index contributed by atoms with van der Waals surface area (Å²) in [7, 11) is -0.449. The van der Waals surface area contributed by atoms with Crippen molar-refractivity contribution in [2.24, 2.45) is 5.92 Å². The summed E-state index contributed by atoms with van der Waals surface area (Å²) < 4.78 is 46.5. The Morgan fingerprint density at radius 3 is 2.63 bits per heavy atom. The van der Waals surface area contributed by atoms with Crippen LogP contribution in [-0.2, 0) is 4.62 Å². The molecule has 1 fully saturated rings. The lowest BCUT2D eigenvalue weighted by atomic mass is 9.96. The Kier molecular flexibility index (Phi) is 9.81. The molecule has 10 heteroatoms. The lowest BCUT2D eigenvalue weighted by molar-refractivity contribution is -0.274. The van der Waals surface area contributed by atoms with Gasteiger partial charge in [-0.05, 0) is 62.4 Å². The van der Waals surface area contributed by atoms with Crippen LogP contribution in [0.15, 0.2) is 24.3 Å². The van der Waals surface area contributed by atoms with Gasteiger partial charge in [0.2, 0.25) is 0 Å². The number of benzene rings is 1. The first kappa shape index (κ1) is 24.9. The van der Waals surface area contributed by atoms with Gasteiger partial charge in [-0.2, -0.15) is 5.48 Å². The van der Waals surface area contributed by atoms with E-state index in [1.807, 2.05) is 0 Å². The predicted octanol–water partition coefficient (Wildman–Crippen LogP) is 3.98. The second kappa shape index (κ2) is 11.8. The number of hydrogen-bond donors (Lipinski definition) is 2. The van der Waals surface area contributed by atoms with Gasteiger partial charge < -0.3 is 15.0 Å². The molecule has 2 N–H and O–H groups in total. The summed E-state index contributed by atoms with van der Waals surface area (Å²) in [6.07, 6.45) is -2.85. The quantitative estimate of drug-likeness (QED) is 0.321. The van der Waals surface area contributed by atoms with Gasteiger partial charge in [-0.15, -0.1) is 13.2 Å². The Morgan fingerprint density at radius 1 is 1.30 bits per heavy atom. The van der Waals surface area contributed by atoms with Crippen LogP contribution in [0, 0.1) is 5.92 Å². The number of halogens is 3. The molecule has 1 aromatic carbocycles. The molecule has 1 amide bonds. The van der Waals surface area contributed by atoms with Gasteiger partial charge in [0.05, 0.1) is 8.15 Å². The van der Waals surface area contributed by atoms with E-state index in [0.29, 0.717) is 18.1 Å². The van der Waals surface area contributed by atoms with Gasteiger partial charge in [0.15, 0.2) is 0 Å². The van der Waals surface area contributed by atoms with E-state index < -0.39 is 26.2 Å². The second-order valence-electron chi connectivity index (χ2n) is 7.70. The molecule has 1 unspecified atom stereocenters. The van der Waals surface area contributed by atoms with E-state index in [1.54, 1.807) is 0 Å². The first-order valence-electron chi connectivity index (χ1n) is 10.1. The van der Waals surface area contributed by atoms with E-state index in [2.05, 4.69) is 40.9 Å². The van der Waals surface area contributed by atoms with Crippen LogP contribution in [0.2, 0.25) is 0 Å². The van der Waals surface area contributed by atoms with Crippen LogP contribution in [0.3, 0.4) is 0 Å². The van der Waals surface area contributed by atoms with Crippen molar-refractivity contribution in [3.63, 3.8) is 0 Å². The molecule has 1 aromatic rings. The minimum absolute atomic E-state index is 0.151. The van der Waals surface area contributed by atoms with Crippen LogP contribution in [0.25, 0.3) is 0 Å². The standard InChI is InChI=1S/C20H31F3N3O3P/c1-15(2)30(3)29-25-9-12-26-10-7-16(8-11-26)14-24-19(27)17-5-4-6-18(13-17)28-20(21,22)23/h4-6,13,15-16,25H,7-12,14H2,1-3H3,(H,24,27). The van der Waals surface area contributed by atoms with E-state index >= 15 is 0 Å². The lowest BCUT2D eigenvalue weighted by Crippen LogP contribution is -2.41. The number of carbonyl (C=O) groups is 1. The number of nitrogens with one attached hydrogen (secondary N) is 2. The van der Waals surface area contributed by atoms with Crippen molar-refractivity contribution in [2.75, 3.05) is 39.4 Å². The third-order valence-electron chi connectivity index (χ3n) is 5.05. The lowest BCUT2D eigenvalue weighted by Gasteiger charge is -2.32. The van der Waals surface area contributed by atoms with E-state index in [0.717, 1.165) is 45.1 Å². The Labute approximate surface area is 177 Å². The highest BCUT2D eigenvalue weighted by molar-refractivity contribution is 7.52. The molecule has 0 aliphatic carbocycles. The van der Waals surface area contributed by atoms with Crippen LogP contribution >= 0.6 is 8.15 Å². The number of likely N-dealkylation sites (tertiary alicyclic amines) is 1. The molecular weight excluding hydrogens is 418 g/mol. The van der Waals surface area contributed by atoms with Crippen LogP contribution < -0.4 is 15.5 Å². The highest BCUT2D eigenvalue weighted by atomic mass is 31.1. The largest absolute Gasteiger partial charge is 0.573 e. The summed E-state index contributed by atoms with van der Waals surface area (Å²) >= 11 is 0. The molecule has 30 heavy (non-hydrogen) atoms. The minimum atomic E-state index is -4.78. The highest BCUT2D eigenvalue weighted by Gasteiger charge is 2.31. The molecule has 0 aromatic heterocycles. The van der Waals surface area contributed by atoms with Crippen molar-refractivity contribution in [2.45, 2.75) is 38.7 Å². The van der Waals surface area contributed by atoms with Crippen molar-refractivity contribution in [3.05, 3.63) is 29.8 Å².